The SMILES string of the molecule is CC1CCCN(Cc2c(C3CCNCC3)[nH]c3ncccc23)C1. The van der Waals surface area contributed by atoms with Crippen LogP contribution in [0.2, 0.25) is 0 Å². The van der Waals surface area contributed by atoms with E-state index in [4.69, 9.17) is 0 Å². The Labute approximate surface area is 138 Å². The van der Waals surface area contributed by atoms with E-state index < -0.39 is 0 Å². The van der Waals surface area contributed by atoms with Gasteiger partial charge in [-0.15, -0.1) is 0 Å². The molecule has 0 aromatic carbocycles. The summed E-state index contributed by atoms with van der Waals surface area (Å²) in [6.07, 6.45) is 7.09. The van der Waals surface area contributed by atoms with E-state index in [1.807, 2.05) is 6.20 Å². The van der Waals surface area contributed by atoms with Gasteiger partial charge in [-0.2, -0.15) is 0 Å². The third-order valence-corrected chi connectivity index (χ3v) is 5.58. The standard InChI is InChI=1S/C19H28N4/c1-14-4-3-11-23(12-14)13-17-16-5-2-8-21-19(16)22-18(17)15-6-9-20-10-7-15/h2,5,8,14-15,20H,3-4,6-7,9-13H2,1H3,(H,21,22). The Kier molecular flexibility index (Phi) is 4.36. The largest absolute Gasteiger partial charge is 0.343 e. The zero-order valence-corrected chi connectivity index (χ0v) is 14.1. The highest BCUT2D eigenvalue weighted by atomic mass is 15.1. The van der Waals surface area contributed by atoms with Crippen molar-refractivity contribution in [3.05, 3.63) is 29.6 Å². The molecule has 0 spiro atoms. The van der Waals surface area contributed by atoms with Crippen LogP contribution in [0.15, 0.2) is 18.3 Å². The van der Waals surface area contributed by atoms with Crippen molar-refractivity contribution in [3.63, 3.8) is 0 Å². The second-order valence-electron chi connectivity index (χ2n) is 7.42. The summed E-state index contributed by atoms with van der Waals surface area (Å²) in [5.41, 5.74) is 4.04. The molecule has 2 fully saturated rings. The molecule has 2 aliphatic heterocycles. The van der Waals surface area contributed by atoms with Crippen LogP contribution < -0.4 is 5.32 Å². The van der Waals surface area contributed by atoms with Crippen molar-refractivity contribution in [1.29, 1.82) is 0 Å². The van der Waals surface area contributed by atoms with E-state index in [2.05, 4.69) is 39.2 Å². The van der Waals surface area contributed by atoms with E-state index in [1.54, 1.807) is 0 Å². The number of hydrogen-bond donors (Lipinski definition) is 2. The molecule has 4 heterocycles. The van der Waals surface area contributed by atoms with Gasteiger partial charge in [0.05, 0.1) is 0 Å². The smallest absolute Gasteiger partial charge is 0.137 e. The van der Waals surface area contributed by atoms with E-state index in [0.29, 0.717) is 5.92 Å². The average Bonchev–Trinajstić information content (AvgIpc) is 2.95. The normalized spacial score (nSPS) is 24.3. The molecular weight excluding hydrogens is 284 g/mol. The quantitative estimate of drug-likeness (QED) is 0.914. The first-order chi connectivity index (χ1) is 11.3. The van der Waals surface area contributed by atoms with Gasteiger partial charge in [-0.3, -0.25) is 4.90 Å². The van der Waals surface area contributed by atoms with Gasteiger partial charge in [-0.25, -0.2) is 4.98 Å². The lowest BCUT2D eigenvalue weighted by molar-refractivity contribution is 0.176. The van der Waals surface area contributed by atoms with Crippen molar-refractivity contribution < 1.29 is 0 Å². The van der Waals surface area contributed by atoms with Crippen LogP contribution in [0, 0.1) is 5.92 Å². The molecule has 4 rings (SSSR count). The highest BCUT2D eigenvalue weighted by Crippen LogP contribution is 2.33. The van der Waals surface area contributed by atoms with Crippen LogP contribution in [-0.2, 0) is 6.54 Å². The summed E-state index contributed by atoms with van der Waals surface area (Å²) >= 11 is 0. The van der Waals surface area contributed by atoms with E-state index in [0.717, 1.165) is 31.2 Å². The molecule has 0 bridgehead atoms. The number of piperidine rings is 2. The number of nitrogens with one attached hydrogen (secondary N) is 2. The minimum atomic E-state index is 0.655. The van der Waals surface area contributed by atoms with Crippen LogP contribution in [0.1, 0.15) is 49.8 Å². The Morgan fingerprint density at radius 3 is 2.96 bits per heavy atom. The summed E-state index contributed by atoms with van der Waals surface area (Å²) < 4.78 is 0. The van der Waals surface area contributed by atoms with Crippen LogP contribution in [0.5, 0.6) is 0 Å². The fourth-order valence-electron chi connectivity index (χ4n) is 4.38. The van der Waals surface area contributed by atoms with Gasteiger partial charge in [0.2, 0.25) is 0 Å². The number of aromatic nitrogens is 2. The lowest BCUT2D eigenvalue weighted by Gasteiger charge is -2.31. The Morgan fingerprint density at radius 2 is 2.13 bits per heavy atom. The molecule has 124 valence electrons. The minimum absolute atomic E-state index is 0.655. The summed E-state index contributed by atoms with van der Waals surface area (Å²) in [4.78, 5) is 10.9. The van der Waals surface area contributed by atoms with Gasteiger partial charge in [0.1, 0.15) is 5.65 Å². The number of aromatic amines is 1. The molecule has 4 nitrogen and oxygen atoms in total. The van der Waals surface area contributed by atoms with Crippen molar-refractivity contribution in [3.8, 4) is 0 Å². The third kappa shape index (κ3) is 3.15. The van der Waals surface area contributed by atoms with E-state index in [1.165, 1.54) is 55.4 Å². The van der Waals surface area contributed by atoms with Gasteiger partial charge < -0.3 is 10.3 Å². The highest BCUT2D eigenvalue weighted by molar-refractivity contribution is 5.81. The Balaban J connectivity index is 1.67. The van der Waals surface area contributed by atoms with Crippen LogP contribution in [0.25, 0.3) is 11.0 Å². The molecule has 0 saturated carbocycles. The van der Waals surface area contributed by atoms with Crippen LogP contribution >= 0.6 is 0 Å². The number of H-pyrrole nitrogens is 1. The maximum Gasteiger partial charge on any atom is 0.137 e. The monoisotopic (exact) mass is 312 g/mol. The van der Waals surface area contributed by atoms with Crippen molar-refractivity contribution in [2.24, 2.45) is 5.92 Å². The lowest BCUT2D eigenvalue weighted by atomic mass is 9.91. The zero-order valence-electron chi connectivity index (χ0n) is 14.1. The van der Waals surface area contributed by atoms with Crippen molar-refractivity contribution in [2.75, 3.05) is 26.2 Å². The minimum Gasteiger partial charge on any atom is -0.343 e. The second kappa shape index (κ2) is 6.62. The van der Waals surface area contributed by atoms with Gasteiger partial charge in [0.25, 0.3) is 0 Å². The number of hydrogen-bond acceptors (Lipinski definition) is 3. The molecule has 2 saturated heterocycles. The molecule has 23 heavy (non-hydrogen) atoms. The van der Waals surface area contributed by atoms with Crippen molar-refractivity contribution in [1.82, 2.24) is 20.2 Å². The molecule has 0 aliphatic carbocycles. The maximum atomic E-state index is 4.58. The fraction of sp³-hybridized carbons (Fsp3) is 0.632. The summed E-state index contributed by atoms with van der Waals surface area (Å²) in [7, 11) is 0. The number of likely N-dealkylation sites (tertiary alicyclic amines) is 1. The van der Waals surface area contributed by atoms with E-state index >= 15 is 0 Å². The number of nitrogens with zero attached hydrogens (tertiary/aromatic N) is 2. The van der Waals surface area contributed by atoms with Gasteiger partial charge in [0.15, 0.2) is 0 Å². The van der Waals surface area contributed by atoms with Gasteiger partial charge in [0, 0.05) is 36.3 Å². The summed E-state index contributed by atoms with van der Waals surface area (Å²) in [5, 5.41) is 4.82. The van der Waals surface area contributed by atoms with Crippen LogP contribution in [0.4, 0.5) is 0 Å². The van der Waals surface area contributed by atoms with Crippen molar-refractivity contribution in [2.45, 2.75) is 45.1 Å². The van der Waals surface area contributed by atoms with Gasteiger partial charge in [-0.05, 0) is 68.9 Å². The fourth-order valence-corrected chi connectivity index (χ4v) is 4.38. The number of rotatable bonds is 3. The van der Waals surface area contributed by atoms with E-state index in [9.17, 15) is 0 Å². The molecule has 2 N–H and O–H groups in total. The Bertz CT molecular complexity index is 656. The molecule has 4 heteroatoms. The zero-order chi connectivity index (χ0) is 15.6. The molecule has 0 amide bonds. The first-order valence-corrected chi connectivity index (χ1v) is 9.20. The number of fused-ring (bicyclic) bond motifs is 1. The molecular formula is C19H28N4. The summed E-state index contributed by atoms with van der Waals surface area (Å²) in [6.45, 7) is 8.20. The first kappa shape index (κ1) is 15.2. The molecule has 2 aromatic heterocycles. The molecule has 1 atom stereocenters. The van der Waals surface area contributed by atoms with Crippen molar-refractivity contribution >= 4 is 11.0 Å². The molecule has 2 aliphatic rings. The predicted octanol–water partition coefficient (Wildman–Crippen LogP) is 3.26. The second-order valence-corrected chi connectivity index (χ2v) is 7.42. The Morgan fingerprint density at radius 1 is 1.26 bits per heavy atom. The van der Waals surface area contributed by atoms with Gasteiger partial charge >= 0.3 is 0 Å². The van der Waals surface area contributed by atoms with Crippen LogP contribution in [-0.4, -0.2) is 41.0 Å². The summed E-state index contributed by atoms with van der Waals surface area (Å²) in [5.74, 6) is 1.48. The molecule has 0 radical (unpaired) electrons. The third-order valence-electron chi connectivity index (χ3n) is 5.58. The van der Waals surface area contributed by atoms with Gasteiger partial charge in [-0.1, -0.05) is 6.92 Å². The first-order valence-electron chi connectivity index (χ1n) is 9.20. The van der Waals surface area contributed by atoms with E-state index in [-0.39, 0.29) is 0 Å². The molecule has 1 unspecified atom stereocenters. The summed E-state index contributed by atoms with van der Waals surface area (Å²) in [6, 6.07) is 4.32. The number of pyridine rings is 1. The maximum absolute atomic E-state index is 4.58. The predicted molar refractivity (Wildman–Crippen MR) is 94.6 cm³/mol. The van der Waals surface area contributed by atoms with Crippen LogP contribution in [0.3, 0.4) is 0 Å². The topological polar surface area (TPSA) is 44.0 Å². The molecule has 2 aromatic rings. The lowest BCUT2D eigenvalue weighted by Crippen LogP contribution is -2.34. The average molecular weight is 312 g/mol. The highest BCUT2D eigenvalue weighted by Gasteiger charge is 2.25. The Hall–Kier alpha value is -1.39.